The van der Waals surface area contributed by atoms with Crippen molar-refractivity contribution in [2.45, 2.75) is 65.7 Å². The molecule has 0 aliphatic heterocycles. The topological polar surface area (TPSA) is 40.5 Å². The summed E-state index contributed by atoms with van der Waals surface area (Å²) in [7, 11) is 0. The van der Waals surface area contributed by atoms with E-state index in [1.807, 2.05) is 6.08 Å². The first-order chi connectivity index (χ1) is 8.76. The summed E-state index contributed by atoms with van der Waals surface area (Å²) in [5, 5.41) is 17.1. The molecule has 0 rings (SSSR count). The van der Waals surface area contributed by atoms with Crippen LogP contribution in [0.5, 0.6) is 0 Å². The SMILES string of the molecule is CCCC=CCO.CCCCC=C(CO)CCC. The number of allylic oxidation sites excluding steroid dienone is 2. The molecule has 18 heavy (non-hydrogen) atoms. The van der Waals surface area contributed by atoms with E-state index in [0.717, 1.165) is 32.1 Å². The fourth-order valence-electron chi connectivity index (χ4n) is 1.44. The maximum absolute atomic E-state index is 8.89. The van der Waals surface area contributed by atoms with Gasteiger partial charge in [-0.25, -0.2) is 0 Å². The monoisotopic (exact) mass is 256 g/mol. The van der Waals surface area contributed by atoms with Gasteiger partial charge >= 0.3 is 0 Å². The van der Waals surface area contributed by atoms with Crippen LogP contribution in [0.2, 0.25) is 0 Å². The van der Waals surface area contributed by atoms with Crippen LogP contribution in [0.1, 0.15) is 65.7 Å². The van der Waals surface area contributed by atoms with Gasteiger partial charge in [0.2, 0.25) is 0 Å². The lowest BCUT2D eigenvalue weighted by atomic mass is 10.1. The number of aliphatic hydroxyl groups excluding tert-OH is 2. The summed E-state index contributed by atoms with van der Waals surface area (Å²) in [6.07, 6.45) is 14.0. The van der Waals surface area contributed by atoms with E-state index in [0.29, 0.717) is 0 Å². The van der Waals surface area contributed by atoms with Gasteiger partial charge in [0.15, 0.2) is 0 Å². The quantitative estimate of drug-likeness (QED) is 0.479. The van der Waals surface area contributed by atoms with Crippen LogP contribution < -0.4 is 0 Å². The molecule has 0 fully saturated rings. The lowest BCUT2D eigenvalue weighted by Gasteiger charge is -2.00. The molecule has 2 N–H and O–H groups in total. The molecule has 0 amide bonds. The predicted octanol–water partition coefficient (Wildman–Crippen LogP) is 4.23. The summed E-state index contributed by atoms with van der Waals surface area (Å²) in [6, 6.07) is 0. The van der Waals surface area contributed by atoms with Gasteiger partial charge in [0.05, 0.1) is 13.2 Å². The van der Waals surface area contributed by atoms with E-state index in [1.165, 1.54) is 18.4 Å². The summed E-state index contributed by atoms with van der Waals surface area (Å²) in [6.45, 7) is 6.87. The molecule has 0 saturated carbocycles. The normalized spacial score (nSPS) is 11.5. The van der Waals surface area contributed by atoms with Crippen molar-refractivity contribution in [3.8, 4) is 0 Å². The molecule has 0 radical (unpaired) electrons. The summed E-state index contributed by atoms with van der Waals surface area (Å²) < 4.78 is 0. The molecular formula is C16H32O2. The molecule has 0 aromatic carbocycles. The van der Waals surface area contributed by atoms with E-state index in [4.69, 9.17) is 10.2 Å². The van der Waals surface area contributed by atoms with Gasteiger partial charge in [0.1, 0.15) is 0 Å². The van der Waals surface area contributed by atoms with E-state index in [9.17, 15) is 0 Å². The molecule has 0 saturated heterocycles. The Balaban J connectivity index is 0. The maximum Gasteiger partial charge on any atom is 0.0641 e. The number of aliphatic hydroxyl groups is 2. The zero-order chi connectivity index (χ0) is 14.1. The summed E-state index contributed by atoms with van der Waals surface area (Å²) >= 11 is 0. The van der Waals surface area contributed by atoms with Crippen molar-refractivity contribution in [2.75, 3.05) is 13.2 Å². The highest BCUT2D eigenvalue weighted by atomic mass is 16.3. The Morgan fingerprint density at radius 2 is 1.61 bits per heavy atom. The van der Waals surface area contributed by atoms with E-state index in [-0.39, 0.29) is 13.2 Å². The predicted molar refractivity (Wildman–Crippen MR) is 80.7 cm³/mol. The smallest absolute Gasteiger partial charge is 0.0641 e. The molecule has 0 aromatic rings. The molecule has 0 bridgehead atoms. The zero-order valence-corrected chi connectivity index (χ0v) is 12.5. The minimum Gasteiger partial charge on any atom is -0.392 e. The average molecular weight is 256 g/mol. The zero-order valence-electron chi connectivity index (χ0n) is 12.5. The van der Waals surface area contributed by atoms with Gasteiger partial charge in [-0.2, -0.15) is 0 Å². The van der Waals surface area contributed by atoms with E-state index in [1.54, 1.807) is 6.08 Å². The van der Waals surface area contributed by atoms with Crippen LogP contribution in [-0.4, -0.2) is 23.4 Å². The van der Waals surface area contributed by atoms with Crippen molar-refractivity contribution in [3.63, 3.8) is 0 Å². The molecule has 0 atom stereocenters. The second-order valence-corrected chi connectivity index (χ2v) is 4.36. The number of hydrogen-bond acceptors (Lipinski definition) is 2. The summed E-state index contributed by atoms with van der Waals surface area (Å²) in [4.78, 5) is 0. The molecule has 0 aliphatic carbocycles. The average Bonchev–Trinajstić information content (AvgIpc) is 2.39. The number of hydrogen-bond donors (Lipinski definition) is 2. The van der Waals surface area contributed by atoms with Crippen molar-refractivity contribution in [2.24, 2.45) is 0 Å². The van der Waals surface area contributed by atoms with E-state index >= 15 is 0 Å². The Labute approximate surface area is 113 Å². The first-order valence-electron chi connectivity index (χ1n) is 7.31. The van der Waals surface area contributed by atoms with Crippen molar-refractivity contribution >= 4 is 0 Å². The first-order valence-corrected chi connectivity index (χ1v) is 7.31. The molecule has 0 aliphatic rings. The number of rotatable bonds is 9. The van der Waals surface area contributed by atoms with Gasteiger partial charge in [-0.1, -0.05) is 64.7 Å². The Hall–Kier alpha value is -0.600. The van der Waals surface area contributed by atoms with Gasteiger partial charge in [0, 0.05) is 0 Å². The Kier molecular flexibility index (Phi) is 20.6. The van der Waals surface area contributed by atoms with Crippen LogP contribution in [0, 0.1) is 0 Å². The second-order valence-electron chi connectivity index (χ2n) is 4.36. The van der Waals surface area contributed by atoms with Gasteiger partial charge < -0.3 is 10.2 Å². The lowest BCUT2D eigenvalue weighted by Crippen LogP contribution is -1.89. The first kappa shape index (κ1) is 19.7. The van der Waals surface area contributed by atoms with Crippen LogP contribution in [0.4, 0.5) is 0 Å². The molecule has 2 nitrogen and oxygen atoms in total. The fourth-order valence-corrected chi connectivity index (χ4v) is 1.44. The van der Waals surface area contributed by atoms with E-state index < -0.39 is 0 Å². The largest absolute Gasteiger partial charge is 0.392 e. The van der Waals surface area contributed by atoms with E-state index in [2.05, 4.69) is 26.8 Å². The van der Waals surface area contributed by atoms with Crippen LogP contribution in [0.15, 0.2) is 23.8 Å². The van der Waals surface area contributed by atoms with Crippen molar-refractivity contribution in [1.82, 2.24) is 0 Å². The minimum absolute atomic E-state index is 0.181. The second kappa shape index (κ2) is 18.8. The van der Waals surface area contributed by atoms with Crippen molar-refractivity contribution in [1.29, 1.82) is 0 Å². The third kappa shape index (κ3) is 17.8. The minimum atomic E-state index is 0.181. The summed E-state index contributed by atoms with van der Waals surface area (Å²) in [5.41, 5.74) is 1.21. The maximum atomic E-state index is 8.89. The standard InChI is InChI=1S/C10H20O.C6H12O/c1-3-5-6-8-10(9-11)7-4-2;1-2-3-4-5-6-7/h8,11H,3-7,9H2,1-2H3;4-5,7H,2-3,6H2,1H3. The van der Waals surface area contributed by atoms with Gasteiger partial charge in [-0.05, 0) is 24.8 Å². The molecule has 0 unspecified atom stereocenters. The van der Waals surface area contributed by atoms with Crippen LogP contribution >= 0.6 is 0 Å². The molecule has 0 spiro atoms. The highest BCUT2D eigenvalue weighted by Gasteiger charge is 1.91. The van der Waals surface area contributed by atoms with Gasteiger partial charge in [-0.15, -0.1) is 0 Å². The Morgan fingerprint density at radius 1 is 0.889 bits per heavy atom. The number of unbranched alkanes of at least 4 members (excludes halogenated alkanes) is 3. The molecule has 108 valence electrons. The molecular weight excluding hydrogens is 224 g/mol. The highest BCUT2D eigenvalue weighted by Crippen LogP contribution is 2.06. The summed E-state index contributed by atoms with van der Waals surface area (Å²) in [5.74, 6) is 0. The fraction of sp³-hybridized carbons (Fsp3) is 0.750. The third-order valence-electron chi connectivity index (χ3n) is 2.49. The Bertz CT molecular complexity index is 195. The van der Waals surface area contributed by atoms with Crippen LogP contribution in [0.25, 0.3) is 0 Å². The van der Waals surface area contributed by atoms with Crippen LogP contribution in [-0.2, 0) is 0 Å². The lowest BCUT2D eigenvalue weighted by molar-refractivity contribution is 0.325. The van der Waals surface area contributed by atoms with Gasteiger partial charge in [0.25, 0.3) is 0 Å². The third-order valence-corrected chi connectivity index (χ3v) is 2.49. The molecule has 0 heterocycles. The molecule has 0 aromatic heterocycles. The highest BCUT2D eigenvalue weighted by molar-refractivity contribution is 5.01. The van der Waals surface area contributed by atoms with Crippen molar-refractivity contribution < 1.29 is 10.2 Å². The van der Waals surface area contributed by atoms with Crippen LogP contribution in [0.3, 0.4) is 0 Å². The Morgan fingerprint density at radius 3 is 2.06 bits per heavy atom. The van der Waals surface area contributed by atoms with Crippen molar-refractivity contribution in [3.05, 3.63) is 23.8 Å². The molecule has 2 heteroatoms. The van der Waals surface area contributed by atoms with Gasteiger partial charge in [-0.3, -0.25) is 0 Å².